The minimum Gasteiger partial charge on any atom is -0.481 e. The van der Waals surface area contributed by atoms with Crippen molar-refractivity contribution in [1.82, 2.24) is 0 Å². The van der Waals surface area contributed by atoms with Crippen LogP contribution in [0.15, 0.2) is 18.2 Å². The van der Waals surface area contributed by atoms with Crippen LogP contribution in [0.4, 0.5) is 4.39 Å². The molecule has 0 atom stereocenters. The SMILES string of the molecule is O=C(O)CC1(c2cccc(Cl)c2CF)CC1. The van der Waals surface area contributed by atoms with Gasteiger partial charge in [0.2, 0.25) is 0 Å². The van der Waals surface area contributed by atoms with E-state index < -0.39 is 12.6 Å². The molecule has 1 aliphatic carbocycles. The summed E-state index contributed by atoms with van der Waals surface area (Å²) in [6.45, 7) is -0.642. The van der Waals surface area contributed by atoms with E-state index in [4.69, 9.17) is 16.7 Å². The fourth-order valence-corrected chi connectivity index (χ4v) is 2.40. The largest absolute Gasteiger partial charge is 0.481 e. The number of halogens is 2. The molecule has 86 valence electrons. The Morgan fingerprint density at radius 1 is 1.50 bits per heavy atom. The van der Waals surface area contributed by atoms with Gasteiger partial charge in [-0.25, -0.2) is 4.39 Å². The van der Waals surface area contributed by atoms with Crippen molar-refractivity contribution in [1.29, 1.82) is 0 Å². The van der Waals surface area contributed by atoms with Gasteiger partial charge >= 0.3 is 5.97 Å². The topological polar surface area (TPSA) is 37.3 Å². The third-order valence-electron chi connectivity index (χ3n) is 3.17. The quantitative estimate of drug-likeness (QED) is 0.880. The molecule has 0 aromatic heterocycles. The second-order valence-electron chi connectivity index (χ2n) is 4.25. The lowest BCUT2D eigenvalue weighted by atomic mass is 9.89. The average Bonchev–Trinajstić information content (AvgIpc) is 2.97. The number of carbonyl (C=O) groups is 1. The third kappa shape index (κ3) is 1.92. The summed E-state index contributed by atoms with van der Waals surface area (Å²) in [5.74, 6) is -0.845. The maximum Gasteiger partial charge on any atom is 0.304 e. The lowest BCUT2D eigenvalue weighted by Gasteiger charge is -2.17. The first-order chi connectivity index (χ1) is 7.59. The predicted octanol–water partition coefficient (Wildman–Crippen LogP) is 3.32. The second kappa shape index (κ2) is 4.06. The van der Waals surface area contributed by atoms with Gasteiger partial charge in [0.05, 0.1) is 6.42 Å². The van der Waals surface area contributed by atoms with Crippen molar-refractivity contribution < 1.29 is 14.3 Å². The molecule has 16 heavy (non-hydrogen) atoms. The maximum absolute atomic E-state index is 12.9. The smallest absolute Gasteiger partial charge is 0.304 e. The summed E-state index contributed by atoms with van der Waals surface area (Å²) in [4.78, 5) is 10.8. The number of carboxylic acids is 1. The molecule has 1 aliphatic rings. The van der Waals surface area contributed by atoms with Gasteiger partial charge in [-0.05, 0) is 24.5 Å². The molecule has 0 radical (unpaired) electrons. The fraction of sp³-hybridized carbons (Fsp3) is 0.417. The van der Waals surface area contributed by atoms with E-state index in [1.807, 2.05) is 0 Å². The van der Waals surface area contributed by atoms with E-state index in [0.717, 1.165) is 18.4 Å². The summed E-state index contributed by atoms with van der Waals surface area (Å²) in [6.07, 6.45) is 1.65. The summed E-state index contributed by atoms with van der Waals surface area (Å²) in [6, 6.07) is 5.17. The van der Waals surface area contributed by atoms with Gasteiger partial charge in [0.15, 0.2) is 0 Å². The maximum atomic E-state index is 12.9. The number of alkyl halides is 1. The molecule has 0 heterocycles. The molecule has 1 aromatic rings. The monoisotopic (exact) mass is 242 g/mol. The molecule has 0 aliphatic heterocycles. The van der Waals surface area contributed by atoms with Crippen LogP contribution in [-0.4, -0.2) is 11.1 Å². The number of rotatable bonds is 4. The Labute approximate surface area is 98.0 Å². The Morgan fingerprint density at radius 3 is 2.69 bits per heavy atom. The summed E-state index contributed by atoms with van der Waals surface area (Å²) in [5.41, 5.74) is 0.839. The zero-order chi connectivity index (χ0) is 11.8. The van der Waals surface area contributed by atoms with Gasteiger partial charge in [-0.1, -0.05) is 23.7 Å². The van der Waals surface area contributed by atoms with E-state index in [1.165, 1.54) is 0 Å². The molecule has 4 heteroatoms. The van der Waals surface area contributed by atoms with Gasteiger partial charge in [0.1, 0.15) is 6.67 Å². The van der Waals surface area contributed by atoms with Crippen LogP contribution >= 0.6 is 11.6 Å². The molecule has 2 nitrogen and oxygen atoms in total. The Kier molecular flexibility index (Phi) is 2.89. The first-order valence-electron chi connectivity index (χ1n) is 5.15. The zero-order valence-corrected chi connectivity index (χ0v) is 9.43. The van der Waals surface area contributed by atoms with E-state index >= 15 is 0 Å². The molecule has 0 bridgehead atoms. The molecule has 1 aromatic carbocycles. The fourth-order valence-electron chi connectivity index (χ4n) is 2.17. The first kappa shape index (κ1) is 11.4. The van der Waals surface area contributed by atoms with E-state index in [-0.39, 0.29) is 11.8 Å². The Morgan fingerprint density at radius 2 is 2.19 bits per heavy atom. The van der Waals surface area contributed by atoms with Crippen LogP contribution in [0.2, 0.25) is 5.02 Å². The summed E-state index contributed by atoms with van der Waals surface area (Å²) in [5, 5.41) is 9.24. The minimum atomic E-state index is -0.845. The van der Waals surface area contributed by atoms with Crippen LogP contribution in [0.1, 0.15) is 30.4 Å². The van der Waals surface area contributed by atoms with Crippen LogP contribution in [0.3, 0.4) is 0 Å². The summed E-state index contributed by atoms with van der Waals surface area (Å²) >= 11 is 5.91. The van der Waals surface area contributed by atoms with Gasteiger partial charge in [-0.2, -0.15) is 0 Å². The van der Waals surface area contributed by atoms with Crippen LogP contribution in [0.5, 0.6) is 0 Å². The van der Waals surface area contributed by atoms with Gasteiger partial charge in [-0.15, -0.1) is 0 Å². The number of hydrogen-bond acceptors (Lipinski definition) is 1. The zero-order valence-electron chi connectivity index (χ0n) is 8.67. The van der Waals surface area contributed by atoms with Crippen molar-refractivity contribution in [3.8, 4) is 0 Å². The van der Waals surface area contributed by atoms with Crippen LogP contribution in [-0.2, 0) is 16.9 Å². The van der Waals surface area contributed by atoms with Crippen molar-refractivity contribution in [3.63, 3.8) is 0 Å². The van der Waals surface area contributed by atoms with E-state index in [0.29, 0.717) is 10.6 Å². The lowest BCUT2D eigenvalue weighted by molar-refractivity contribution is -0.137. The highest BCUT2D eigenvalue weighted by Gasteiger charge is 2.47. The van der Waals surface area contributed by atoms with E-state index in [9.17, 15) is 9.18 Å². The van der Waals surface area contributed by atoms with Gasteiger partial charge in [0.25, 0.3) is 0 Å². The molecular formula is C12H12ClFO2. The number of carboxylic acid groups (broad SMARTS) is 1. The normalized spacial score (nSPS) is 17.1. The highest BCUT2D eigenvalue weighted by Crippen LogP contribution is 2.52. The minimum absolute atomic E-state index is 0.0559. The summed E-state index contributed by atoms with van der Waals surface area (Å²) < 4.78 is 12.9. The van der Waals surface area contributed by atoms with Crippen molar-refractivity contribution >= 4 is 17.6 Å². The van der Waals surface area contributed by atoms with Crippen LogP contribution in [0, 0.1) is 0 Å². The molecule has 0 saturated heterocycles. The van der Waals surface area contributed by atoms with E-state index in [1.54, 1.807) is 18.2 Å². The van der Waals surface area contributed by atoms with Crippen molar-refractivity contribution in [2.75, 3.05) is 0 Å². The number of aliphatic carboxylic acids is 1. The third-order valence-corrected chi connectivity index (χ3v) is 3.52. The van der Waals surface area contributed by atoms with Crippen molar-refractivity contribution in [2.45, 2.75) is 31.4 Å². The molecule has 1 fully saturated rings. The van der Waals surface area contributed by atoms with E-state index in [2.05, 4.69) is 0 Å². The number of benzene rings is 1. The highest BCUT2D eigenvalue weighted by molar-refractivity contribution is 6.31. The van der Waals surface area contributed by atoms with Gasteiger partial charge in [0, 0.05) is 16.0 Å². The molecule has 2 rings (SSSR count). The predicted molar refractivity (Wildman–Crippen MR) is 59.4 cm³/mol. The molecule has 0 amide bonds. The highest BCUT2D eigenvalue weighted by atomic mass is 35.5. The molecule has 0 unspecified atom stereocenters. The Bertz CT molecular complexity index is 427. The summed E-state index contributed by atoms with van der Waals surface area (Å²) in [7, 11) is 0. The van der Waals surface area contributed by atoms with Gasteiger partial charge < -0.3 is 5.11 Å². The second-order valence-corrected chi connectivity index (χ2v) is 4.66. The lowest BCUT2D eigenvalue weighted by Crippen LogP contribution is -2.15. The van der Waals surface area contributed by atoms with Crippen molar-refractivity contribution in [3.05, 3.63) is 34.3 Å². The Balaban J connectivity index is 2.40. The van der Waals surface area contributed by atoms with Crippen molar-refractivity contribution in [2.24, 2.45) is 0 Å². The molecular weight excluding hydrogens is 231 g/mol. The standard InChI is InChI=1S/C12H12ClFO2/c13-10-3-1-2-9(8(10)7-14)12(4-5-12)6-11(15)16/h1-3H,4-7H2,(H,15,16). The Hall–Kier alpha value is -1.09. The molecule has 1 N–H and O–H groups in total. The average molecular weight is 243 g/mol. The van der Waals surface area contributed by atoms with Crippen LogP contribution in [0.25, 0.3) is 0 Å². The number of hydrogen-bond donors (Lipinski definition) is 1. The van der Waals surface area contributed by atoms with Gasteiger partial charge in [-0.3, -0.25) is 4.79 Å². The first-order valence-corrected chi connectivity index (χ1v) is 5.52. The molecule has 0 spiro atoms. The molecule has 1 saturated carbocycles. The van der Waals surface area contributed by atoms with Crippen LogP contribution < -0.4 is 0 Å².